The van der Waals surface area contributed by atoms with Gasteiger partial charge in [0.15, 0.2) is 5.17 Å². The van der Waals surface area contributed by atoms with Gasteiger partial charge in [-0.1, -0.05) is 23.9 Å². The number of rotatable bonds is 1. The van der Waals surface area contributed by atoms with Crippen molar-refractivity contribution in [2.24, 2.45) is 4.99 Å². The average Bonchev–Trinajstić information content (AvgIpc) is 3.23. The SMILES string of the molecule is CC(C)(C)OC(=O)N(C(=O)OC(C)(C)C)C1=NC2(CCCc3sc(-c4cccc(C#N)c4)cc32)CCS1. The summed E-state index contributed by atoms with van der Waals surface area (Å²) in [6.45, 7) is 10.6. The second-order valence-corrected chi connectivity index (χ2v) is 13.5. The maximum atomic E-state index is 13.2. The van der Waals surface area contributed by atoms with Crippen molar-refractivity contribution in [3.05, 3.63) is 46.3 Å². The van der Waals surface area contributed by atoms with Crippen LogP contribution in [0.5, 0.6) is 0 Å². The molecule has 1 aliphatic heterocycles. The molecule has 1 unspecified atom stereocenters. The predicted molar refractivity (Wildman–Crippen MR) is 148 cm³/mol. The highest BCUT2D eigenvalue weighted by atomic mass is 32.2. The molecule has 0 saturated heterocycles. The molecule has 2 amide bonds. The first-order valence-corrected chi connectivity index (χ1v) is 14.2. The number of nitrogens with zero attached hydrogens (tertiary/aromatic N) is 3. The highest BCUT2D eigenvalue weighted by Crippen LogP contribution is 2.49. The Morgan fingerprint density at radius 1 is 1.05 bits per heavy atom. The van der Waals surface area contributed by atoms with Crippen molar-refractivity contribution in [3.63, 3.8) is 0 Å². The van der Waals surface area contributed by atoms with Crippen LogP contribution in [0.15, 0.2) is 35.3 Å². The van der Waals surface area contributed by atoms with Gasteiger partial charge in [0.1, 0.15) is 11.2 Å². The standard InChI is InChI=1S/C28H33N3O4S2/c1-26(2,3)34-24(32)31(25(33)35-27(4,5)6)23-30-28(13-14-36-23)12-8-11-21-20(28)16-22(37-21)19-10-7-9-18(15-19)17-29/h7,9-10,15-16H,8,11-14H2,1-6H3. The first kappa shape index (κ1) is 27.2. The molecule has 1 spiro atoms. The third-order valence-electron chi connectivity index (χ3n) is 5.98. The van der Waals surface area contributed by atoms with Crippen LogP contribution in [0, 0.1) is 11.3 Å². The minimum atomic E-state index is -0.791. The molecule has 9 heteroatoms. The van der Waals surface area contributed by atoms with Gasteiger partial charge in [0.25, 0.3) is 0 Å². The third kappa shape index (κ3) is 6.19. The van der Waals surface area contributed by atoms with Gasteiger partial charge in [0.05, 0.1) is 17.2 Å². The number of carbonyl (C=O) groups excluding carboxylic acids is 2. The summed E-state index contributed by atoms with van der Waals surface area (Å²) < 4.78 is 11.2. The normalized spacial score (nSPS) is 19.4. The molecule has 0 saturated carbocycles. The maximum Gasteiger partial charge on any atom is 0.426 e. The van der Waals surface area contributed by atoms with Crippen LogP contribution in [0.4, 0.5) is 9.59 Å². The van der Waals surface area contributed by atoms with Gasteiger partial charge in [-0.2, -0.15) is 10.2 Å². The fraction of sp³-hybridized carbons (Fsp3) is 0.500. The van der Waals surface area contributed by atoms with Crippen LogP contribution in [0.2, 0.25) is 0 Å². The van der Waals surface area contributed by atoms with E-state index in [0.717, 1.165) is 46.6 Å². The van der Waals surface area contributed by atoms with Crippen molar-refractivity contribution in [3.8, 4) is 16.5 Å². The van der Waals surface area contributed by atoms with Crippen molar-refractivity contribution in [2.75, 3.05) is 5.75 Å². The Balaban J connectivity index is 1.76. The summed E-state index contributed by atoms with van der Waals surface area (Å²) in [5.74, 6) is 0.704. The number of carbonyl (C=O) groups is 2. The number of hydrogen-bond donors (Lipinski definition) is 0. The molecule has 0 radical (unpaired) electrons. The highest BCUT2D eigenvalue weighted by molar-refractivity contribution is 8.13. The van der Waals surface area contributed by atoms with Crippen molar-refractivity contribution in [2.45, 2.75) is 84.0 Å². The predicted octanol–water partition coefficient (Wildman–Crippen LogP) is 7.48. The zero-order valence-electron chi connectivity index (χ0n) is 22.2. The van der Waals surface area contributed by atoms with E-state index in [1.807, 2.05) is 18.2 Å². The van der Waals surface area contributed by atoms with E-state index in [2.05, 4.69) is 12.1 Å². The van der Waals surface area contributed by atoms with E-state index in [9.17, 15) is 14.9 Å². The minimum absolute atomic E-state index is 0.307. The first-order chi connectivity index (χ1) is 17.3. The Labute approximate surface area is 226 Å². The minimum Gasteiger partial charge on any atom is -0.443 e. The molecule has 4 rings (SSSR count). The summed E-state index contributed by atoms with van der Waals surface area (Å²) in [6.07, 6.45) is 1.97. The number of amidine groups is 1. The van der Waals surface area contributed by atoms with E-state index >= 15 is 0 Å². The summed E-state index contributed by atoms with van der Waals surface area (Å²) in [6, 6.07) is 12.0. The Hall–Kier alpha value is -2.83. The molecule has 7 nitrogen and oxygen atoms in total. The first-order valence-electron chi connectivity index (χ1n) is 12.4. The molecule has 2 aromatic rings. The zero-order valence-corrected chi connectivity index (χ0v) is 23.8. The molecule has 1 aromatic heterocycles. The molecule has 2 heterocycles. The number of benzene rings is 1. The second-order valence-electron chi connectivity index (χ2n) is 11.3. The summed E-state index contributed by atoms with van der Waals surface area (Å²) >= 11 is 3.10. The van der Waals surface area contributed by atoms with E-state index in [1.165, 1.54) is 16.6 Å². The van der Waals surface area contributed by atoms with Crippen LogP contribution < -0.4 is 0 Å². The van der Waals surface area contributed by atoms with Crippen LogP contribution in [0.1, 0.15) is 76.8 Å². The lowest BCUT2D eigenvalue weighted by Gasteiger charge is -2.39. The fourth-order valence-corrected chi connectivity index (χ4v) is 6.92. The van der Waals surface area contributed by atoms with E-state index in [-0.39, 0.29) is 0 Å². The van der Waals surface area contributed by atoms with E-state index < -0.39 is 28.9 Å². The zero-order chi connectivity index (χ0) is 27.0. The van der Waals surface area contributed by atoms with Crippen LogP contribution in [-0.2, 0) is 21.4 Å². The Morgan fingerprint density at radius 3 is 2.35 bits per heavy atom. The number of thioether (sulfide) groups is 1. The van der Waals surface area contributed by atoms with Crippen molar-refractivity contribution in [1.29, 1.82) is 5.26 Å². The summed E-state index contributed by atoms with van der Waals surface area (Å²) in [7, 11) is 0. The van der Waals surface area contributed by atoms with E-state index in [0.29, 0.717) is 16.5 Å². The summed E-state index contributed by atoms with van der Waals surface area (Å²) in [5, 5.41) is 9.64. The number of fused-ring (bicyclic) bond motifs is 2. The molecule has 37 heavy (non-hydrogen) atoms. The lowest BCUT2D eigenvalue weighted by molar-refractivity contribution is 0.0151. The molecule has 1 aliphatic carbocycles. The van der Waals surface area contributed by atoms with Crippen LogP contribution in [0.3, 0.4) is 0 Å². The Bertz CT molecular complexity index is 1250. The molecule has 2 aliphatic rings. The van der Waals surface area contributed by atoms with Crippen LogP contribution in [0.25, 0.3) is 10.4 Å². The molecule has 0 fully saturated rings. The molecule has 1 aromatic carbocycles. The number of thiophene rings is 1. The molecular weight excluding hydrogens is 506 g/mol. The van der Waals surface area contributed by atoms with Gasteiger partial charge in [0.2, 0.25) is 0 Å². The smallest absolute Gasteiger partial charge is 0.426 e. The van der Waals surface area contributed by atoms with Crippen molar-refractivity contribution >= 4 is 40.5 Å². The summed E-state index contributed by atoms with van der Waals surface area (Å²) in [4.78, 5) is 34.9. The monoisotopic (exact) mass is 539 g/mol. The van der Waals surface area contributed by atoms with Gasteiger partial charge in [-0.15, -0.1) is 11.3 Å². The van der Waals surface area contributed by atoms with Crippen molar-refractivity contribution < 1.29 is 19.1 Å². The van der Waals surface area contributed by atoms with Gasteiger partial charge >= 0.3 is 12.2 Å². The molecule has 0 N–H and O–H groups in total. The molecule has 0 bridgehead atoms. The van der Waals surface area contributed by atoms with E-state index in [4.69, 9.17) is 14.5 Å². The van der Waals surface area contributed by atoms with Crippen LogP contribution >= 0.6 is 23.1 Å². The molecule has 1 atom stereocenters. The quantitative estimate of drug-likeness (QED) is 0.373. The van der Waals surface area contributed by atoms with Gasteiger partial charge < -0.3 is 9.47 Å². The number of aryl methyl sites for hydroxylation is 1. The largest absolute Gasteiger partial charge is 0.443 e. The summed E-state index contributed by atoms with van der Waals surface area (Å²) in [5.41, 5.74) is 0.677. The molecular formula is C28H33N3O4S2. The van der Waals surface area contributed by atoms with Gasteiger partial charge in [-0.3, -0.25) is 0 Å². The average molecular weight is 540 g/mol. The van der Waals surface area contributed by atoms with Crippen LogP contribution in [-0.4, -0.2) is 39.2 Å². The van der Waals surface area contributed by atoms with Gasteiger partial charge in [0, 0.05) is 15.5 Å². The lowest BCUT2D eigenvalue weighted by Crippen LogP contribution is -2.48. The highest BCUT2D eigenvalue weighted by Gasteiger charge is 2.44. The molecule has 196 valence electrons. The lowest BCUT2D eigenvalue weighted by atomic mass is 9.78. The topological polar surface area (TPSA) is 92.0 Å². The Kier molecular flexibility index (Phi) is 7.46. The number of hydrogen-bond acceptors (Lipinski definition) is 8. The number of ether oxygens (including phenoxy) is 2. The maximum absolute atomic E-state index is 13.2. The number of nitriles is 1. The number of imide groups is 1. The number of amides is 2. The second kappa shape index (κ2) is 10.1. The number of aliphatic imine (C=N–C) groups is 1. The van der Waals surface area contributed by atoms with Gasteiger partial charge in [-0.25, -0.2) is 14.6 Å². The van der Waals surface area contributed by atoms with Crippen molar-refractivity contribution in [1.82, 2.24) is 4.90 Å². The van der Waals surface area contributed by atoms with Gasteiger partial charge in [-0.05, 0) is 96.6 Å². The Morgan fingerprint density at radius 2 is 1.73 bits per heavy atom. The third-order valence-corrected chi connectivity index (χ3v) is 8.16. The van der Waals surface area contributed by atoms with E-state index in [1.54, 1.807) is 58.9 Å². The fourth-order valence-electron chi connectivity index (χ4n) is 4.49.